The van der Waals surface area contributed by atoms with Crippen LogP contribution in [-0.2, 0) is 17.5 Å². The first-order valence-electron chi connectivity index (χ1n) is 7.13. The monoisotopic (exact) mass is 366 g/mol. The molecule has 0 atom stereocenters. The third-order valence-electron chi connectivity index (χ3n) is 3.51. The van der Waals surface area contributed by atoms with Crippen LogP contribution in [0.15, 0.2) is 23.3 Å². The van der Waals surface area contributed by atoms with Gasteiger partial charge in [-0.1, -0.05) is 0 Å². The number of halogens is 3. The van der Waals surface area contributed by atoms with Crippen molar-refractivity contribution in [3.63, 3.8) is 0 Å². The second kappa shape index (κ2) is 5.59. The molecule has 4 rings (SSSR count). The number of aromatic nitrogens is 8. The van der Waals surface area contributed by atoms with E-state index < -0.39 is 23.5 Å². The number of hydrogen-bond acceptors (Lipinski definition) is 7. The summed E-state index contributed by atoms with van der Waals surface area (Å²) in [5, 5.41) is 9.52. The predicted molar refractivity (Wildman–Crippen MR) is 79.5 cm³/mol. The average molecular weight is 366 g/mol. The highest BCUT2D eigenvalue weighted by molar-refractivity contribution is 5.78. The Morgan fingerprint density at radius 1 is 1.31 bits per heavy atom. The van der Waals surface area contributed by atoms with E-state index in [-0.39, 0.29) is 17.8 Å². The number of fused-ring (bicyclic) bond motifs is 3. The number of hydrogen-bond donors (Lipinski definition) is 1. The van der Waals surface area contributed by atoms with Crippen molar-refractivity contribution >= 4 is 16.7 Å². The molecule has 0 radical (unpaired) electrons. The van der Waals surface area contributed by atoms with Crippen LogP contribution < -0.4 is 5.56 Å². The molecule has 0 bridgehead atoms. The van der Waals surface area contributed by atoms with Crippen molar-refractivity contribution in [3.8, 4) is 5.95 Å². The van der Waals surface area contributed by atoms with Crippen molar-refractivity contribution in [2.45, 2.75) is 12.8 Å². The Labute approximate surface area is 141 Å². The van der Waals surface area contributed by atoms with Gasteiger partial charge < -0.3 is 4.74 Å². The number of aromatic amines is 1. The van der Waals surface area contributed by atoms with Crippen LogP contribution in [0.2, 0.25) is 0 Å². The van der Waals surface area contributed by atoms with Crippen LogP contribution in [0.1, 0.15) is 11.6 Å². The molecule has 4 heterocycles. The normalized spacial score (nSPS) is 12.3. The van der Waals surface area contributed by atoms with Crippen LogP contribution in [0.4, 0.5) is 13.2 Å². The Morgan fingerprint density at radius 2 is 2.12 bits per heavy atom. The molecule has 0 saturated carbocycles. The summed E-state index contributed by atoms with van der Waals surface area (Å²) in [5.74, 6) is -1.09. The van der Waals surface area contributed by atoms with Crippen molar-refractivity contribution in [2.75, 3.05) is 7.11 Å². The van der Waals surface area contributed by atoms with Crippen molar-refractivity contribution < 1.29 is 17.9 Å². The Hall–Kier alpha value is -3.35. The molecule has 1 N–H and O–H groups in total. The van der Waals surface area contributed by atoms with Crippen LogP contribution in [0.25, 0.3) is 22.6 Å². The second-order valence-electron chi connectivity index (χ2n) is 5.20. The Morgan fingerprint density at radius 3 is 2.81 bits per heavy atom. The molecule has 0 unspecified atom stereocenters. The predicted octanol–water partition coefficient (Wildman–Crippen LogP) is 0.712. The summed E-state index contributed by atoms with van der Waals surface area (Å²) in [5.41, 5.74) is -0.258. The zero-order valence-electron chi connectivity index (χ0n) is 13.0. The maximum atomic E-state index is 12.7. The maximum Gasteiger partial charge on any atom is 0.451 e. The molecule has 13 heteroatoms. The molecule has 4 aromatic rings. The first kappa shape index (κ1) is 16.1. The molecular weight excluding hydrogens is 357 g/mol. The van der Waals surface area contributed by atoms with Crippen LogP contribution >= 0.6 is 0 Å². The van der Waals surface area contributed by atoms with Gasteiger partial charge in [-0.05, 0) is 6.07 Å². The summed E-state index contributed by atoms with van der Waals surface area (Å²) in [6.45, 7) is 0.166. The van der Waals surface area contributed by atoms with E-state index in [4.69, 9.17) is 4.74 Å². The van der Waals surface area contributed by atoms with E-state index >= 15 is 0 Å². The van der Waals surface area contributed by atoms with E-state index in [9.17, 15) is 18.0 Å². The number of rotatable bonds is 3. The molecule has 0 aliphatic carbocycles. The number of nitrogens with one attached hydrogen (secondary N) is 1. The molecule has 0 amide bonds. The quantitative estimate of drug-likeness (QED) is 0.568. The number of methoxy groups -OCH3 is 1. The summed E-state index contributed by atoms with van der Waals surface area (Å²) in [4.78, 5) is 24.1. The van der Waals surface area contributed by atoms with Gasteiger partial charge in [0, 0.05) is 19.5 Å². The summed E-state index contributed by atoms with van der Waals surface area (Å²) >= 11 is 0. The number of H-pyrrole nitrogens is 1. The van der Waals surface area contributed by atoms with E-state index in [1.54, 1.807) is 5.10 Å². The smallest absolute Gasteiger partial charge is 0.377 e. The van der Waals surface area contributed by atoms with Gasteiger partial charge in [0.25, 0.3) is 17.3 Å². The first-order chi connectivity index (χ1) is 12.4. The van der Waals surface area contributed by atoms with E-state index in [1.165, 1.54) is 30.1 Å². The largest absolute Gasteiger partial charge is 0.451 e. The number of alkyl halides is 3. The minimum atomic E-state index is -4.70. The third kappa shape index (κ3) is 2.48. The van der Waals surface area contributed by atoms with Crippen molar-refractivity contribution in [1.29, 1.82) is 0 Å². The van der Waals surface area contributed by atoms with Gasteiger partial charge >= 0.3 is 6.18 Å². The second-order valence-corrected chi connectivity index (χ2v) is 5.20. The fourth-order valence-corrected chi connectivity index (χ4v) is 2.40. The number of pyridine rings is 1. The molecule has 0 aliphatic heterocycles. The zero-order chi connectivity index (χ0) is 18.5. The van der Waals surface area contributed by atoms with Gasteiger partial charge in [0.15, 0.2) is 5.82 Å². The van der Waals surface area contributed by atoms with Crippen molar-refractivity contribution in [1.82, 2.24) is 39.3 Å². The molecule has 0 fully saturated rings. The molecular formula is C13H9F3N8O2. The lowest BCUT2D eigenvalue weighted by molar-refractivity contribution is -0.144. The minimum absolute atomic E-state index is 0.118. The topological polar surface area (TPSA) is 116 Å². The zero-order valence-corrected chi connectivity index (χ0v) is 13.0. The van der Waals surface area contributed by atoms with Gasteiger partial charge in [-0.3, -0.25) is 9.89 Å². The maximum absolute atomic E-state index is 12.7. The molecule has 10 nitrogen and oxygen atoms in total. The fraction of sp³-hybridized carbons (Fsp3) is 0.231. The highest BCUT2D eigenvalue weighted by Gasteiger charge is 2.35. The molecule has 0 spiro atoms. The van der Waals surface area contributed by atoms with Gasteiger partial charge in [-0.2, -0.15) is 27.7 Å². The minimum Gasteiger partial charge on any atom is -0.377 e. The lowest BCUT2D eigenvalue weighted by atomic mass is 10.3. The summed E-state index contributed by atoms with van der Waals surface area (Å²) < 4.78 is 45.1. The molecule has 26 heavy (non-hydrogen) atoms. The SMILES string of the molecule is COCc1nc2ncc3c(=O)n(-c4n[nH]c(C(F)(F)F)n4)ccc3n2n1. The first-order valence-corrected chi connectivity index (χ1v) is 7.13. The molecule has 0 saturated heterocycles. The van der Waals surface area contributed by atoms with Gasteiger partial charge in [0.1, 0.15) is 6.61 Å². The number of ether oxygens (including phenoxy) is 1. The Bertz CT molecular complexity index is 1180. The van der Waals surface area contributed by atoms with Crippen molar-refractivity contribution in [3.05, 3.63) is 40.5 Å². The van der Waals surface area contributed by atoms with E-state index in [2.05, 4.69) is 25.1 Å². The molecule has 134 valence electrons. The highest BCUT2D eigenvalue weighted by atomic mass is 19.4. The van der Waals surface area contributed by atoms with Gasteiger partial charge in [-0.15, -0.1) is 10.2 Å². The van der Waals surface area contributed by atoms with Crippen LogP contribution in [0.3, 0.4) is 0 Å². The van der Waals surface area contributed by atoms with Gasteiger partial charge in [-0.25, -0.2) is 9.55 Å². The lowest BCUT2D eigenvalue weighted by Crippen LogP contribution is -2.20. The average Bonchev–Trinajstić information content (AvgIpc) is 3.21. The third-order valence-corrected chi connectivity index (χ3v) is 3.51. The van der Waals surface area contributed by atoms with E-state index in [1.807, 2.05) is 0 Å². The summed E-state index contributed by atoms with van der Waals surface area (Å²) in [7, 11) is 1.49. The van der Waals surface area contributed by atoms with E-state index in [0.29, 0.717) is 11.3 Å². The number of nitrogens with zero attached hydrogens (tertiary/aromatic N) is 7. The lowest BCUT2D eigenvalue weighted by Gasteiger charge is -2.03. The van der Waals surface area contributed by atoms with Crippen LogP contribution in [0.5, 0.6) is 0 Å². The van der Waals surface area contributed by atoms with E-state index in [0.717, 1.165) is 4.57 Å². The van der Waals surface area contributed by atoms with Crippen LogP contribution in [0, 0.1) is 0 Å². The standard InChI is InChI=1S/C13H9F3N8O2/c1-26-5-8-18-11-17-4-6-7(24(11)22-8)2-3-23(9(6)25)12-19-10(20-21-12)13(14,15)16/h2-4H,5H2,1H3,(H,19,20,21). The van der Waals surface area contributed by atoms with Crippen LogP contribution in [-0.4, -0.2) is 46.4 Å². The highest BCUT2D eigenvalue weighted by Crippen LogP contribution is 2.26. The summed E-state index contributed by atoms with van der Waals surface area (Å²) in [6.07, 6.45) is -2.17. The Kier molecular flexibility index (Phi) is 3.47. The molecule has 0 aromatic carbocycles. The van der Waals surface area contributed by atoms with Crippen molar-refractivity contribution in [2.24, 2.45) is 0 Å². The Balaban J connectivity index is 1.88. The fourth-order valence-electron chi connectivity index (χ4n) is 2.40. The van der Waals surface area contributed by atoms with Gasteiger partial charge in [0.05, 0.1) is 10.9 Å². The molecule has 0 aliphatic rings. The summed E-state index contributed by atoms with van der Waals surface area (Å²) in [6, 6.07) is 1.49. The molecule has 4 aromatic heterocycles. The van der Waals surface area contributed by atoms with Gasteiger partial charge in [0.2, 0.25) is 5.82 Å².